The molecule has 2 N–H and O–H groups in total. The van der Waals surface area contributed by atoms with Gasteiger partial charge in [-0.05, 0) is 30.5 Å². The van der Waals surface area contributed by atoms with Crippen LogP contribution in [0.2, 0.25) is 5.02 Å². The van der Waals surface area contributed by atoms with Gasteiger partial charge in [0.1, 0.15) is 5.60 Å². The van der Waals surface area contributed by atoms with Gasteiger partial charge in [-0.2, -0.15) is 0 Å². The van der Waals surface area contributed by atoms with Crippen molar-refractivity contribution in [3.05, 3.63) is 34.9 Å². The summed E-state index contributed by atoms with van der Waals surface area (Å²) < 4.78 is 5.57. The van der Waals surface area contributed by atoms with Crippen LogP contribution in [0.5, 0.6) is 0 Å². The molecular formula is C12H12ClNO2. The van der Waals surface area contributed by atoms with Crippen molar-refractivity contribution < 1.29 is 9.53 Å². The number of halogens is 1. The summed E-state index contributed by atoms with van der Waals surface area (Å²) in [6, 6.07) is 7.46. The number of nitrogens with two attached hydrogens (primary N) is 1. The van der Waals surface area contributed by atoms with E-state index < -0.39 is 11.0 Å². The summed E-state index contributed by atoms with van der Waals surface area (Å²) in [6.07, 6.45) is 1.65. The van der Waals surface area contributed by atoms with E-state index in [2.05, 4.69) is 0 Å². The minimum atomic E-state index is -0.471. The smallest absolute Gasteiger partial charge is 0.227 e. The number of hydrogen-bond acceptors (Lipinski definition) is 2. The van der Waals surface area contributed by atoms with E-state index in [4.69, 9.17) is 22.1 Å². The minimum absolute atomic E-state index is 0.250. The number of ether oxygens (including phenoxy) is 1. The molecule has 0 aromatic heterocycles. The molecular weight excluding hydrogens is 226 g/mol. The lowest BCUT2D eigenvalue weighted by atomic mass is 9.83. The first kappa shape index (κ1) is 10.1. The highest BCUT2D eigenvalue weighted by molar-refractivity contribution is 6.30. The molecule has 1 atom stereocenters. The van der Waals surface area contributed by atoms with Gasteiger partial charge in [-0.15, -0.1) is 0 Å². The Morgan fingerprint density at radius 3 is 2.25 bits per heavy atom. The highest BCUT2D eigenvalue weighted by Crippen LogP contribution is 2.65. The summed E-state index contributed by atoms with van der Waals surface area (Å²) in [4.78, 5) is 11.5. The average molecular weight is 238 g/mol. The Balaban J connectivity index is 2.00. The Labute approximate surface area is 98.5 Å². The molecule has 3 nitrogen and oxygen atoms in total. The fraction of sp³-hybridized carbons (Fsp3) is 0.417. The lowest BCUT2D eigenvalue weighted by Crippen LogP contribution is -2.36. The Kier molecular flexibility index (Phi) is 1.89. The van der Waals surface area contributed by atoms with E-state index in [-0.39, 0.29) is 5.91 Å². The summed E-state index contributed by atoms with van der Waals surface area (Å²) in [5, 5.41) is 0.684. The topological polar surface area (TPSA) is 55.6 Å². The molecule has 1 saturated carbocycles. The van der Waals surface area contributed by atoms with Crippen LogP contribution < -0.4 is 5.73 Å². The number of hydrogen-bond donors (Lipinski definition) is 1. The molecule has 4 heteroatoms. The number of carbonyl (C=O) groups excluding carboxylic acids is 1. The molecule has 84 valence electrons. The number of amides is 1. The summed E-state index contributed by atoms with van der Waals surface area (Å²) >= 11 is 5.84. The molecule has 1 aliphatic heterocycles. The van der Waals surface area contributed by atoms with Crippen LogP contribution >= 0.6 is 11.6 Å². The van der Waals surface area contributed by atoms with Gasteiger partial charge in [-0.25, -0.2) is 0 Å². The van der Waals surface area contributed by atoms with E-state index in [1.54, 1.807) is 0 Å². The Bertz CT molecular complexity index is 447. The zero-order valence-electron chi connectivity index (χ0n) is 8.70. The second-order valence-corrected chi connectivity index (χ2v) is 5.01. The van der Waals surface area contributed by atoms with E-state index in [0.717, 1.165) is 18.4 Å². The third-order valence-corrected chi connectivity index (χ3v) is 3.99. The van der Waals surface area contributed by atoms with Crippen LogP contribution in [0.15, 0.2) is 24.3 Å². The van der Waals surface area contributed by atoms with Crippen molar-refractivity contribution in [1.29, 1.82) is 0 Å². The van der Waals surface area contributed by atoms with Crippen molar-refractivity contribution in [3.8, 4) is 0 Å². The van der Waals surface area contributed by atoms with Crippen molar-refractivity contribution in [2.45, 2.75) is 18.4 Å². The van der Waals surface area contributed by atoms with Crippen LogP contribution in [0.25, 0.3) is 0 Å². The minimum Gasteiger partial charge on any atom is -0.369 e. The Hall–Kier alpha value is -1.06. The quantitative estimate of drug-likeness (QED) is 0.816. The molecule has 2 aliphatic rings. The zero-order chi connectivity index (χ0) is 11.4. The van der Waals surface area contributed by atoms with Gasteiger partial charge in [0.2, 0.25) is 5.91 Å². The molecule has 0 bridgehead atoms. The fourth-order valence-electron chi connectivity index (χ4n) is 2.48. The first-order chi connectivity index (χ1) is 7.61. The van der Waals surface area contributed by atoms with Gasteiger partial charge in [0.25, 0.3) is 0 Å². The number of epoxide rings is 1. The first-order valence-electron chi connectivity index (χ1n) is 5.31. The molecule has 2 fully saturated rings. The summed E-state index contributed by atoms with van der Waals surface area (Å²) in [6.45, 7) is 0.581. The molecule has 1 aromatic rings. The van der Waals surface area contributed by atoms with E-state index in [1.807, 2.05) is 24.3 Å². The second-order valence-electron chi connectivity index (χ2n) is 4.57. The molecule has 1 heterocycles. The number of primary amides is 1. The Morgan fingerprint density at radius 1 is 1.31 bits per heavy atom. The maximum absolute atomic E-state index is 11.5. The largest absolute Gasteiger partial charge is 0.369 e. The first-order valence-corrected chi connectivity index (χ1v) is 5.68. The third kappa shape index (κ3) is 1.16. The number of carbonyl (C=O) groups is 1. The van der Waals surface area contributed by atoms with Gasteiger partial charge < -0.3 is 10.5 Å². The summed E-state index contributed by atoms with van der Waals surface area (Å²) in [7, 11) is 0. The molecule has 0 radical (unpaired) electrons. The van der Waals surface area contributed by atoms with Crippen molar-refractivity contribution in [3.63, 3.8) is 0 Å². The van der Waals surface area contributed by atoms with Gasteiger partial charge in [0.05, 0.1) is 12.0 Å². The summed E-state index contributed by atoms with van der Waals surface area (Å²) in [5.74, 6) is -0.250. The van der Waals surface area contributed by atoms with E-state index >= 15 is 0 Å². The van der Waals surface area contributed by atoms with Crippen LogP contribution in [-0.2, 0) is 15.1 Å². The molecule has 1 aromatic carbocycles. The molecule has 1 aliphatic carbocycles. The van der Waals surface area contributed by atoms with Crippen molar-refractivity contribution in [2.75, 3.05) is 6.61 Å². The predicted molar refractivity (Wildman–Crippen MR) is 59.9 cm³/mol. The normalized spacial score (nSPS) is 29.8. The van der Waals surface area contributed by atoms with Gasteiger partial charge >= 0.3 is 0 Å². The van der Waals surface area contributed by atoms with E-state index in [1.165, 1.54) is 0 Å². The standard InChI is InChI=1S/C12H12ClNO2/c13-9-3-1-8(2-4-9)12(7-16-12)11(5-6-11)10(14)15/h1-4H,5-7H2,(H2,14,15). The lowest BCUT2D eigenvalue weighted by molar-refractivity contribution is -0.125. The molecule has 3 rings (SSSR count). The monoisotopic (exact) mass is 237 g/mol. The van der Waals surface area contributed by atoms with Crippen LogP contribution in [0.1, 0.15) is 18.4 Å². The van der Waals surface area contributed by atoms with E-state index in [9.17, 15) is 4.79 Å². The second kappa shape index (κ2) is 2.99. The van der Waals surface area contributed by atoms with Gasteiger partial charge in [0.15, 0.2) is 0 Å². The van der Waals surface area contributed by atoms with Gasteiger partial charge in [0, 0.05) is 5.02 Å². The fourth-order valence-corrected chi connectivity index (χ4v) is 2.61. The predicted octanol–water partition coefficient (Wildman–Crippen LogP) is 1.83. The van der Waals surface area contributed by atoms with Gasteiger partial charge in [-0.3, -0.25) is 4.79 Å². The lowest BCUT2D eigenvalue weighted by Gasteiger charge is -2.20. The summed E-state index contributed by atoms with van der Waals surface area (Å²) in [5.41, 5.74) is 5.55. The number of rotatable bonds is 3. The van der Waals surface area contributed by atoms with E-state index in [0.29, 0.717) is 11.6 Å². The van der Waals surface area contributed by atoms with Crippen LogP contribution in [0.4, 0.5) is 0 Å². The average Bonchev–Trinajstić information content (AvgIpc) is 3.12. The molecule has 1 amide bonds. The van der Waals surface area contributed by atoms with Crippen LogP contribution in [0, 0.1) is 5.41 Å². The van der Waals surface area contributed by atoms with Crippen molar-refractivity contribution >= 4 is 17.5 Å². The number of benzene rings is 1. The Morgan fingerprint density at radius 2 is 1.88 bits per heavy atom. The highest BCUT2D eigenvalue weighted by Gasteiger charge is 2.71. The van der Waals surface area contributed by atoms with Crippen LogP contribution in [0.3, 0.4) is 0 Å². The molecule has 1 unspecified atom stereocenters. The van der Waals surface area contributed by atoms with Crippen molar-refractivity contribution in [2.24, 2.45) is 11.1 Å². The van der Waals surface area contributed by atoms with Gasteiger partial charge in [-0.1, -0.05) is 23.7 Å². The van der Waals surface area contributed by atoms with Crippen LogP contribution in [-0.4, -0.2) is 12.5 Å². The molecule has 1 saturated heterocycles. The molecule has 16 heavy (non-hydrogen) atoms. The zero-order valence-corrected chi connectivity index (χ0v) is 9.46. The molecule has 0 spiro atoms. The highest BCUT2D eigenvalue weighted by atomic mass is 35.5. The van der Waals surface area contributed by atoms with Crippen molar-refractivity contribution in [1.82, 2.24) is 0 Å². The maximum atomic E-state index is 11.5. The SMILES string of the molecule is NC(=O)C1(C2(c3ccc(Cl)cc3)CO2)CC1. The maximum Gasteiger partial charge on any atom is 0.227 e. The third-order valence-electron chi connectivity index (χ3n) is 3.74.